The first-order valence-electron chi connectivity index (χ1n) is 7.94. The maximum absolute atomic E-state index is 9.00. The molecular formula is C17H22ClN3. The molecule has 0 aliphatic carbocycles. The Hall–Kier alpha value is -1.24. The molecule has 0 radical (unpaired) electrons. The molecule has 1 aromatic carbocycles. The van der Waals surface area contributed by atoms with E-state index in [0.717, 1.165) is 6.54 Å². The van der Waals surface area contributed by atoms with E-state index in [1.54, 1.807) is 0 Å². The van der Waals surface area contributed by atoms with Crippen molar-refractivity contribution in [2.75, 3.05) is 11.4 Å². The van der Waals surface area contributed by atoms with E-state index < -0.39 is 0 Å². The summed E-state index contributed by atoms with van der Waals surface area (Å²) in [6.07, 6.45) is 6.17. The highest BCUT2D eigenvalue weighted by atomic mass is 35.5. The van der Waals surface area contributed by atoms with Crippen LogP contribution >= 0.6 is 11.6 Å². The number of rotatable bonds is 4. The lowest BCUT2D eigenvalue weighted by molar-refractivity contribution is 0.357. The average Bonchev–Trinajstić information content (AvgIpc) is 2.76. The lowest BCUT2D eigenvalue weighted by Gasteiger charge is -2.41. The van der Waals surface area contributed by atoms with Gasteiger partial charge in [-0.1, -0.05) is 18.5 Å². The summed E-state index contributed by atoms with van der Waals surface area (Å²) in [6.45, 7) is 3.34. The molecule has 2 aliphatic rings. The van der Waals surface area contributed by atoms with Crippen LogP contribution in [0.5, 0.6) is 0 Å². The third kappa shape index (κ3) is 2.88. The van der Waals surface area contributed by atoms with Crippen molar-refractivity contribution in [2.45, 2.75) is 57.2 Å². The van der Waals surface area contributed by atoms with E-state index in [0.29, 0.717) is 28.7 Å². The molecule has 0 aromatic heterocycles. The molecule has 0 spiro atoms. The van der Waals surface area contributed by atoms with E-state index in [4.69, 9.17) is 16.9 Å². The average molecular weight is 304 g/mol. The number of piperidine rings is 1. The second-order valence-corrected chi connectivity index (χ2v) is 6.60. The van der Waals surface area contributed by atoms with Crippen LogP contribution < -0.4 is 10.2 Å². The minimum atomic E-state index is 0.562. The van der Waals surface area contributed by atoms with Crippen LogP contribution in [0.1, 0.15) is 44.6 Å². The van der Waals surface area contributed by atoms with Crippen LogP contribution in [0.2, 0.25) is 5.02 Å². The summed E-state index contributed by atoms with van der Waals surface area (Å²) >= 11 is 6.20. The Morgan fingerprint density at radius 1 is 1.33 bits per heavy atom. The van der Waals surface area contributed by atoms with E-state index in [1.807, 2.05) is 12.1 Å². The van der Waals surface area contributed by atoms with E-state index in [2.05, 4.69) is 29.3 Å². The summed E-state index contributed by atoms with van der Waals surface area (Å²) in [6, 6.07) is 9.88. The summed E-state index contributed by atoms with van der Waals surface area (Å²) in [4.78, 5) is 2.54. The Morgan fingerprint density at radius 2 is 2.05 bits per heavy atom. The van der Waals surface area contributed by atoms with E-state index in [-0.39, 0.29) is 0 Å². The van der Waals surface area contributed by atoms with Crippen molar-refractivity contribution in [3.63, 3.8) is 0 Å². The van der Waals surface area contributed by atoms with Crippen LogP contribution in [-0.2, 0) is 0 Å². The summed E-state index contributed by atoms with van der Waals surface area (Å²) in [5.41, 5.74) is 1.74. The van der Waals surface area contributed by atoms with Crippen molar-refractivity contribution in [1.82, 2.24) is 5.32 Å². The second-order valence-electron chi connectivity index (χ2n) is 6.19. The molecule has 1 aromatic rings. The van der Waals surface area contributed by atoms with Gasteiger partial charge in [-0.05, 0) is 56.8 Å². The smallest absolute Gasteiger partial charge is 0.101 e. The number of nitrogens with one attached hydrogen (secondary N) is 1. The molecule has 2 fully saturated rings. The number of benzene rings is 1. The van der Waals surface area contributed by atoms with Crippen molar-refractivity contribution in [1.29, 1.82) is 5.26 Å². The molecule has 0 amide bonds. The Kier molecular flexibility index (Phi) is 4.37. The van der Waals surface area contributed by atoms with Gasteiger partial charge in [0.25, 0.3) is 0 Å². The molecule has 3 rings (SSSR count). The van der Waals surface area contributed by atoms with E-state index in [1.165, 1.54) is 37.8 Å². The molecule has 3 nitrogen and oxygen atoms in total. The van der Waals surface area contributed by atoms with Gasteiger partial charge in [0.05, 0.1) is 10.6 Å². The maximum atomic E-state index is 9.00. The van der Waals surface area contributed by atoms with Crippen molar-refractivity contribution in [2.24, 2.45) is 0 Å². The van der Waals surface area contributed by atoms with Gasteiger partial charge in [0.15, 0.2) is 0 Å². The molecule has 112 valence electrons. The van der Waals surface area contributed by atoms with Gasteiger partial charge in [0.1, 0.15) is 6.07 Å². The van der Waals surface area contributed by atoms with E-state index >= 15 is 0 Å². The first-order chi connectivity index (χ1) is 10.2. The summed E-state index contributed by atoms with van der Waals surface area (Å²) in [5.74, 6) is 0. The van der Waals surface area contributed by atoms with Gasteiger partial charge in [-0.15, -0.1) is 0 Å². The number of hydrogen-bond donors (Lipinski definition) is 1. The lowest BCUT2D eigenvalue weighted by atomic mass is 9.96. The van der Waals surface area contributed by atoms with Crippen molar-refractivity contribution >= 4 is 17.3 Å². The highest BCUT2D eigenvalue weighted by Crippen LogP contribution is 2.40. The largest absolute Gasteiger partial charge is 0.365 e. The highest BCUT2D eigenvalue weighted by Gasteiger charge is 2.40. The molecular weight excluding hydrogens is 282 g/mol. The number of nitrogens with zero attached hydrogens (tertiary/aromatic N) is 2. The minimum absolute atomic E-state index is 0.562. The normalized spacial score (nSPS) is 27.7. The predicted octanol–water partition coefficient (Wildman–Crippen LogP) is 3.71. The van der Waals surface area contributed by atoms with Crippen LogP contribution in [0.25, 0.3) is 0 Å². The van der Waals surface area contributed by atoms with Gasteiger partial charge < -0.3 is 10.2 Å². The third-order valence-corrected chi connectivity index (χ3v) is 5.10. The number of halogens is 1. The molecule has 2 unspecified atom stereocenters. The van der Waals surface area contributed by atoms with Gasteiger partial charge in [-0.2, -0.15) is 5.26 Å². The lowest BCUT2D eigenvalue weighted by Crippen LogP contribution is -2.49. The van der Waals surface area contributed by atoms with Gasteiger partial charge in [0, 0.05) is 23.8 Å². The van der Waals surface area contributed by atoms with Crippen LogP contribution in [0.15, 0.2) is 18.2 Å². The number of fused-ring (bicyclic) bond motifs is 2. The summed E-state index contributed by atoms with van der Waals surface area (Å²) in [5, 5.41) is 13.2. The van der Waals surface area contributed by atoms with Gasteiger partial charge >= 0.3 is 0 Å². The molecule has 4 heteroatoms. The van der Waals surface area contributed by atoms with Crippen LogP contribution in [0, 0.1) is 11.3 Å². The standard InChI is InChI=1S/C17H22ClN3/c1-2-7-20-13-8-14-5-6-15(9-13)21(14)16-4-3-12(11-19)17(18)10-16/h3-4,10,13-15,20H,2,5-9H2,1H3. The number of anilines is 1. The fraction of sp³-hybridized carbons (Fsp3) is 0.588. The third-order valence-electron chi connectivity index (χ3n) is 4.79. The molecule has 2 saturated heterocycles. The molecule has 21 heavy (non-hydrogen) atoms. The van der Waals surface area contributed by atoms with Crippen molar-refractivity contribution in [3.8, 4) is 6.07 Å². The Balaban J connectivity index is 1.76. The summed E-state index contributed by atoms with van der Waals surface area (Å²) in [7, 11) is 0. The highest BCUT2D eigenvalue weighted by molar-refractivity contribution is 6.32. The fourth-order valence-corrected chi connectivity index (χ4v) is 4.09. The molecule has 2 aliphatic heterocycles. The predicted molar refractivity (Wildman–Crippen MR) is 86.8 cm³/mol. The Labute approximate surface area is 131 Å². The topological polar surface area (TPSA) is 39.1 Å². The minimum Gasteiger partial charge on any atom is -0.365 e. The van der Waals surface area contributed by atoms with Gasteiger partial charge in [0.2, 0.25) is 0 Å². The van der Waals surface area contributed by atoms with Crippen molar-refractivity contribution < 1.29 is 0 Å². The maximum Gasteiger partial charge on any atom is 0.101 e. The van der Waals surface area contributed by atoms with E-state index in [9.17, 15) is 0 Å². The fourth-order valence-electron chi connectivity index (χ4n) is 3.87. The molecule has 0 saturated carbocycles. The van der Waals surface area contributed by atoms with Crippen molar-refractivity contribution in [3.05, 3.63) is 28.8 Å². The second kappa shape index (κ2) is 6.25. The van der Waals surface area contributed by atoms with Crippen LogP contribution in [0.3, 0.4) is 0 Å². The van der Waals surface area contributed by atoms with Crippen LogP contribution in [-0.4, -0.2) is 24.7 Å². The molecule has 1 N–H and O–H groups in total. The number of hydrogen-bond acceptors (Lipinski definition) is 3. The first kappa shape index (κ1) is 14.7. The SMILES string of the molecule is CCCNC1CC2CCC(C1)N2c1ccc(C#N)c(Cl)c1. The first-order valence-corrected chi connectivity index (χ1v) is 8.32. The zero-order valence-electron chi connectivity index (χ0n) is 12.5. The molecule has 2 heterocycles. The Morgan fingerprint density at radius 3 is 2.62 bits per heavy atom. The van der Waals surface area contributed by atoms with Gasteiger partial charge in [-0.25, -0.2) is 0 Å². The zero-order chi connectivity index (χ0) is 14.8. The molecule has 2 atom stereocenters. The Bertz CT molecular complexity index is 537. The monoisotopic (exact) mass is 303 g/mol. The summed E-state index contributed by atoms with van der Waals surface area (Å²) < 4.78 is 0. The molecule has 2 bridgehead atoms. The zero-order valence-corrected chi connectivity index (χ0v) is 13.2. The number of nitriles is 1. The van der Waals surface area contributed by atoms with Gasteiger partial charge in [-0.3, -0.25) is 0 Å². The van der Waals surface area contributed by atoms with Crippen LogP contribution in [0.4, 0.5) is 5.69 Å². The quantitative estimate of drug-likeness (QED) is 0.921.